The van der Waals surface area contributed by atoms with Crippen LogP contribution in [0.15, 0.2) is 18.2 Å². The summed E-state index contributed by atoms with van der Waals surface area (Å²) in [5, 5.41) is 14.8. The van der Waals surface area contributed by atoms with E-state index in [0.717, 1.165) is 0 Å². The molecule has 0 spiro atoms. The number of carboxylic acids is 1. The number of ether oxygens (including phenoxy) is 1. The molecule has 33 heavy (non-hydrogen) atoms. The molecule has 1 aromatic rings. The third kappa shape index (κ3) is 7.08. The molecule has 0 unspecified atom stereocenters. The number of carbonyl (C=O) groups is 4. The molecule has 0 saturated carbocycles. The topological polar surface area (TPSA) is 125 Å². The molecule has 0 radical (unpaired) electrons. The van der Waals surface area contributed by atoms with E-state index < -0.39 is 47.0 Å². The van der Waals surface area contributed by atoms with Gasteiger partial charge in [-0.2, -0.15) is 0 Å². The molecule has 1 saturated heterocycles. The van der Waals surface area contributed by atoms with Crippen LogP contribution >= 0.6 is 11.6 Å². The number of anilines is 1. The summed E-state index contributed by atoms with van der Waals surface area (Å²) in [5.74, 6) is -2.03. The second kappa shape index (κ2) is 9.99. The van der Waals surface area contributed by atoms with Crippen LogP contribution in [-0.4, -0.2) is 58.1 Å². The molecule has 1 aliphatic heterocycles. The Balaban J connectivity index is 2.18. The van der Waals surface area contributed by atoms with E-state index in [4.69, 9.17) is 16.3 Å². The van der Waals surface area contributed by atoms with Crippen molar-refractivity contribution in [2.45, 2.75) is 72.1 Å². The quantitative estimate of drug-likeness (QED) is 0.585. The van der Waals surface area contributed by atoms with Crippen LogP contribution in [0.5, 0.6) is 0 Å². The summed E-state index contributed by atoms with van der Waals surface area (Å²) < 4.78 is 5.19. The lowest BCUT2D eigenvalue weighted by Gasteiger charge is -2.34. The Morgan fingerprint density at radius 3 is 2.30 bits per heavy atom. The zero-order valence-corrected chi connectivity index (χ0v) is 20.6. The Morgan fingerprint density at radius 2 is 1.79 bits per heavy atom. The highest BCUT2D eigenvalue weighted by Crippen LogP contribution is 2.27. The first-order valence-corrected chi connectivity index (χ1v) is 11.1. The number of nitrogens with one attached hydrogen (secondary N) is 2. The van der Waals surface area contributed by atoms with Gasteiger partial charge in [0, 0.05) is 12.1 Å². The second-order valence-corrected chi connectivity index (χ2v) is 10.5. The van der Waals surface area contributed by atoms with Gasteiger partial charge in [-0.25, -0.2) is 9.59 Å². The highest BCUT2D eigenvalue weighted by Gasteiger charge is 2.42. The van der Waals surface area contributed by atoms with Crippen LogP contribution in [0.3, 0.4) is 0 Å². The number of likely N-dealkylation sites (tertiary alicyclic amines) is 1. The number of carboxylic acid groups (broad SMARTS) is 1. The standard InChI is InChI=1S/C23H32ClN3O6/c1-22(2,3)17(19(29)27-11-7-8-16(27)20(30)31)26-18(28)13-9-10-15(14(24)12-13)25-21(32)33-23(4,5)6/h9-10,12,16-17H,7-8,11H2,1-6H3,(H,25,32)(H,26,28)(H,30,31)/t16-,17+/m1/s1. The first-order valence-electron chi connectivity index (χ1n) is 10.7. The maximum Gasteiger partial charge on any atom is 0.412 e. The van der Waals surface area contributed by atoms with Crippen molar-refractivity contribution in [3.8, 4) is 0 Å². The predicted molar refractivity (Wildman–Crippen MR) is 124 cm³/mol. The third-order valence-corrected chi connectivity index (χ3v) is 5.39. The predicted octanol–water partition coefficient (Wildman–Crippen LogP) is 3.91. The fourth-order valence-electron chi connectivity index (χ4n) is 3.49. The average molecular weight is 482 g/mol. The molecular formula is C23H32ClN3O6. The van der Waals surface area contributed by atoms with Crippen LogP contribution in [0.2, 0.25) is 5.02 Å². The molecule has 3 amide bonds. The van der Waals surface area contributed by atoms with Crippen molar-refractivity contribution < 1.29 is 29.0 Å². The number of halogens is 1. The molecule has 9 nitrogen and oxygen atoms in total. The minimum absolute atomic E-state index is 0.123. The van der Waals surface area contributed by atoms with Crippen LogP contribution in [0.25, 0.3) is 0 Å². The van der Waals surface area contributed by atoms with Crippen molar-refractivity contribution in [3.63, 3.8) is 0 Å². The zero-order chi connectivity index (χ0) is 25.1. The molecule has 10 heteroatoms. The van der Waals surface area contributed by atoms with Gasteiger partial charge in [0.1, 0.15) is 17.7 Å². The minimum atomic E-state index is -1.06. The van der Waals surface area contributed by atoms with Gasteiger partial charge in [0.15, 0.2) is 0 Å². The average Bonchev–Trinajstić information content (AvgIpc) is 3.14. The summed E-state index contributed by atoms with van der Waals surface area (Å²) in [4.78, 5) is 50.9. The summed E-state index contributed by atoms with van der Waals surface area (Å²) in [6.45, 7) is 10.9. The van der Waals surface area contributed by atoms with Crippen LogP contribution in [-0.2, 0) is 14.3 Å². The Kier molecular flexibility index (Phi) is 8.00. The van der Waals surface area contributed by atoms with Gasteiger partial charge in [-0.15, -0.1) is 0 Å². The van der Waals surface area contributed by atoms with Crippen LogP contribution < -0.4 is 10.6 Å². The number of hydrogen-bond donors (Lipinski definition) is 3. The van der Waals surface area contributed by atoms with E-state index in [1.54, 1.807) is 41.5 Å². The van der Waals surface area contributed by atoms with Crippen LogP contribution in [0, 0.1) is 5.41 Å². The number of benzene rings is 1. The van der Waals surface area contributed by atoms with Crippen molar-refractivity contribution in [1.82, 2.24) is 10.2 Å². The van der Waals surface area contributed by atoms with Crippen LogP contribution in [0.1, 0.15) is 64.7 Å². The van der Waals surface area contributed by atoms with Gasteiger partial charge >= 0.3 is 12.1 Å². The third-order valence-electron chi connectivity index (χ3n) is 5.08. The zero-order valence-electron chi connectivity index (χ0n) is 19.8. The molecule has 0 aliphatic carbocycles. The largest absolute Gasteiger partial charge is 0.480 e. The number of rotatable bonds is 5. The Bertz CT molecular complexity index is 935. The Morgan fingerprint density at radius 1 is 1.15 bits per heavy atom. The monoisotopic (exact) mass is 481 g/mol. The maximum atomic E-state index is 13.2. The molecule has 2 atom stereocenters. The Hall–Kier alpha value is -2.81. The van der Waals surface area contributed by atoms with E-state index in [9.17, 15) is 24.3 Å². The number of carbonyl (C=O) groups excluding carboxylic acids is 3. The van der Waals surface area contributed by atoms with Gasteiger partial charge in [0.05, 0.1) is 10.7 Å². The maximum absolute atomic E-state index is 13.2. The fraction of sp³-hybridized carbons (Fsp3) is 0.565. The molecule has 1 heterocycles. The smallest absolute Gasteiger partial charge is 0.412 e. The SMILES string of the molecule is CC(C)(C)OC(=O)Nc1ccc(C(=O)N[C@@H](C(=O)N2CCC[C@@H]2C(=O)O)C(C)(C)C)cc1Cl. The number of aliphatic carboxylic acids is 1. The van der Waals surface area contributed by atoms with Crippen molar-refractivity contribution in [3.05, 3.63) is 28.8 Å². The summed E-state index contributed by atoms with van der Waals surface area (Å²) in [5.41, 5.74) is -0.888. The minimum Gasteiger partial charge on any atom is -0.480 e. The highest BCUT2D eigenvalue weighted by molar-refractivity contribution is 6.34. The lowest BCUT2D eigenvalue weighted by atomic mass is 9.85. The van der Waals surface area contributed by atoms with Gasteiger partial charge in [-0.05, 0) is 57.2 Å². The van der Waals surface area contributed by atoms with Crippen molar-refractivity contribution in [1.29, 1.82) is 0 Å². The summed E-state index contributed by atoms with van der Waals surface area (Å²) in [6.07, 6.45) is 0.293. The highest BCUT2D eigenvalue weighted by atomic mass is 35.5. The van der Waals surface area contributed by atoms with Gasteiger partial charge < -0.3 is 20.1 Å². The van der Waals surface area contributed by atoms with E-state index in [1.165, 1.54) is 23.1 Å². The molecule has 0 aromatic heterocycles. The lowest BCUT2D eigenvalue weighted by molar-refractivity contribution is -0.150. The van der Waals surface area contributed by atoms with E-state index >= 15 is 0 Å². The van der Waals surface area contributed by atoms with E-state index in [1.807, 2.05) is 0 Å². The number of nitrogens with zero attached hydrogens (tertiary/aromatic N) is 1. The normalized spacial score (nSPS) is 17.3. The summed E-state index contributed by atoms with van der Waals surface area (Å²) in [6, 6.07) is 2.48. The number of amides is 3. The molecule has 1 fully saturated rings. The number of hydrogen-bond acceptors (Lipinski definition) is 5. The molecule has 2 rings (SSSR count). The molecule has 0 bridgehead atoms. The van der Waals surface area contributed by atoms with Crippen molar-refractivity contribution in [2.24, 2.45) is 5.41 Å². The Labute approximate surface area is 198 Å². The summed E-state index contributed by atoms with van der Waals surface area (Å²) in [7, 11) is 0. The van der Waals surface area contributed by atoms with Crippen LogP contribution in [0.4, 0.5) is 10.5 Å². The molecule has 1 aliphatic rings. The summed E-state index contributed by atoms with van der Waals surface area (Å²) >= 11 is 6.24. The van der Waals surface area contributed by atoms with Crippen molar-refractivity contribution in [2.75, 3.05) is 11.9 Å². The first-order chi connectivity index (χ1) is 15.1. The molecule has 182 valence electrons. The van der Waals surface area contributed by atoms with Gasteiger partial charge in [-0.3, -0.25) is 14.9 Å². The van der Waals surface area contributed by atoms with Crippen molar-refractivity contribution >= 4 is 41.2 Å². The second-order valence-electron chi connectivity index (χ2n) is 10.1. The molecular weight excluding hydrogens is 450 g/mol. The molecule has 3 N–H and O–H groups in total. The molecule has 1 aromatic carbocycles. The van der Waals surface area contributed by atoms with Gasteiger partial charge in [-0.1, -0.05) is 32.4 Å². The van der Waals surface area contributed by atoms with E-state index in [-0.39, 0.29) is 16.3 Å². The van der Waals surface area contributed by atoms with E-state index in [2.05, 4.69) is 10.6 Å². The van der Waals surface area contributed by atoms with Gasteiger partial charge in [0.25, 0.3) is 5.91 Å². The lowest BCUT2D eigenvalue weighted by Crippen LogP contribution is -2.56. The fourth-order valence-corrected chi connectivity index (χ4v) is 3.72. The first kappa shape index (κ1) is 26.4. The van der Waals surface area contributed by atoms with E-state index in [0.29, 0.717) is 19.4 Å². The van der Waals surface area contributed by atoms with Gasteiger partial charge in [0.2, 0.25) is 5.91 Å².